The highest BCUT2D eigenvalue weighted by molar-refractivity contribution is 9.10. The number of ether oxygens (including phenoxy) is 1. The van der Waals surface area contributed by atoms with E-state index in [1.54, 1.807) is 0 Å². The maximum atomic E-state index is 5.33. The van der Waals surface area contributed by atoms with Crippen molar-refractivity contribution < 1.29 is 4.74 Å². The Balaban J connectivity index is 2.34. The zero-order chi connectivity index (χ0) is 11.1. The molecule has 1 nitrogen and oxygen atoms in total. The SMILES string of the molecule is CCOCCC(Br)Cc1cccc(Br)c1. The summed E-state index contributed by atoms with van der Waals surface area (Å²) in [7, 11) is 0. The molecule has 15 heavy (non-hydrogen) atoms. The fourth-order valence-corrected chi connectivity index (χ4v) is 2.38. The smallest absolute Gasteiger partial charge is 0.0476 e. The predicted molar refractivity (Wildman–Crippen MR) is 71.7 cm³/mol. The van der Waals surface area contributed by atoms with Crippen LogP contribution in [0.25, 0.3) is 0 Å². The molecule has 0 N–H and O–H groups in total. The van der Waals surface area contributed by atoms with Crippen LogP contribution in [-0.4, -0.2) is 18.0 Å². The summed E-state index contributed by atoms with van der Waals surface area (Å²) >= 11 is 7.15. The molecule has 84 valence electrons. The standard InChI is InChI=1S/C12H16Br2O/c1-2-15-7-6-12(14)9-10-4-3-5-11(13)8-10/h3-5,8,12H,2,6-7,9H2,1H3. The molecule has 0 aliphatic carbocycles. The van der Waals surface area contributed by atoms with Crippen LogP contribution in [0, 0.1) is 0 Å². The van der Waals surface area contributed by atoms with Crippen LogP contribution < -0.4 is 0 Å². The molecule has 3 heteroatoms. The topological polar surface area (TPSA) is 9.23 Å². The lowest BCUT2D eigenvalue weighted by Gasteiger charge is -2.09. The molecule has 0 amide bonds. The van der Waals surface area contributed by atoms with Gasteiger partial charge in [0.1, 0.15) is 0 Å². The first kappa shape index (κ1) is 13.2. The lowest BCUT2D eigenvalue weighted by Crippen LogP contribution is -2.07. The zero-order valence-corrected chi connectivity index (χ0v) is 12.1. The monoisotopic (exact) mass is 334 g/mol. The van der Waals surface area contributed by atoms with Crippen LogP contribution in [0.3, 0.4) is 0 Å². The summed E-state index contributed by atoms with van der Waals surface area (Å²) in [5.41, 5.74) is 1.35. The summed E-state index contributed by atoms with van der Waals surface area (Å²) in [5, 5.41) is 0. The molecule has 0 aromatic heterocycles. The molecule has 1 unspecified atom stereocenters. The van der Waals surface area contributed by atoms with Gasteiger partial charge in [0.2, 0.25) is 0 Å². The Kier molecular flexibility index (Phi) is 6.53. The minimum atomic E-state index is 0.498. The van der Waals surface area contributed by atoms with Crippen molar-refractivity contribution in [2.24, 2.45) is 0 Å². The quantitative estimate of drug-likeness (QED) is 0.559. The Labute approximate surface area is 108 Å². The van der Waals surface area contributed by atoms with E-state index in [2.05, 4.69) is 50.1 Å². The van der Waals surface area contributed by atoms with Gasteiger partial charge in [0.25, 0.3) is 0 Å². The van der Waals surface area contributed by atoms with Crippen molar-refractivity contribution >= 4 is 31.9 Å². The van der Waals surface area contributed by atoms with Crippen LogP contribution in [0.4, 0.5) is 0 Å². The molecule has 0 aliphatic rings. The average molecular weight is 336 g/mol. The molecule has 0 spiro atoms. The van der Waals surface area contributed by atoms with Gasteiger partial charge >= 0.3 is 0 Å². The maximum absolute atomic E-state index is 5.33. The van der Waals surface area contributed by atoms with Gasteiger partial charge in [0.15, 0.2) is 0 Å². The van der Waals surface area contributed by atoms with Gasteiger partial charge in [-0.2, -0.15) is 0 Å². The van der Waals surface area contributed by atoms with Crippen LogP contribution in [0.5, 0.6) is 0 Å². The third kappa shape index (κ3) is 5.69. The van der Waals surface area contributed by atoms with Crippen molar-refractivity contribution in [2.75, 3.05) is 13.2 Å². The van der Waals surface area contributed by atoms with Crippen LogP contribution >= 0.6 is 31.9 Å². The summed E-state index contributed by atoms with van der Waals surface area (Å²) in [6.45, 7) is 3.66. The molecule has 0 saturated heterocycles. The normalized spacial score (nSPS) is 12.7. The summed E-state index contributed by atoms with van der Waals surface area (Å²) in [4.78, 5) is 0.498. The Morgan fingerprint density at radius 2 is 2.20 bits per heavy atom. The second-order valence-electron chi connectivity index (χ2n) is 3.42. The summed E-state index contributed by atoms with van der Waals surface area (Å²) in [5.74, 6) is 0. The molecule has 0 fully saturated rings. The second kappa shape index (κ2) is 7.42. The van der Waals surface area contributed by atoms with Crippen LogP contribution in [-0.2, 0) is 11.2 Å². The third-order valence-corrected chi connectivity index (χ3v) is 3.40. The number of benzene rings is 1. The average Bonchev–Trinajstić information content (AvgIpc) is 2.18. The van der Waals surface area contributed by atoms with Gasteiger partial charge in [-0.15, -0.1) is 0 Å². The van der Waals surface area contributed by atoms with E-state index in [4.69, 9.17) is 4.74 Å². The first-order chi connectivity index (χ1) is 7.22. The molecule has 0 bridgehead atoms. The van der Waals surface area contributed by atoms with Gasteiger partial charge < -0.3 is 4.74 Å². The van der Waals surface area contributed by atoms with Crippen LogP contribution in [0.1, 0.15) is 18.9 Å². The number of halogens is 2. The molecular formula is C12H16Br2O. The Hall–Kier alpha value is 0.140. The molecule has 0 heterocycles. The van der Waals surface area contributed by atoms with E-state index in [1.165, 1.54) is 5.56 Å². The highest BCUT2D eigenvalue weighted by Crippen LogP contribution is 2.17. The summed E-state index contributed by atoms with van der Waals surface area (Å²) in [6, 6.07) is 8.43. The van der Waals surface area contributed by atoms with Gasteiger partial charge in [-0.1, -0.05) is 44.0 Å². The fraction of sp³-hybridized carbons (Fsp3) is 0.500. The number of hydrogen-bond acceptors (Lipinski definition) is 1. The second-order valence-corrected chi connectivity index (χ2v) is 5.63. The highest BCUT2D eigenvalue weighted by atomic mass is 79.9. The van der Waals surface area contributed by atoms with Crippen molar-refractivity contribution in [3.63, 3.8) is 0 Å². The lowest BCUT2D eigenvalue weighted by atomic mass is 10.1. The largest absolute Gasteiger partial charge is 0.382 e. The number of alkyl halides is 1. The minimum Gasteiger partial charge on any atom is -0.382 e. The summed E-state index contributed by atoms with van der Waals surface area (Å²) in [6.07, 6.45) is 2.10. The van der Waals surface area contributed by atoms with E-state index in [-0.39, 0.29) is 0 Å². The molecular weight excluding hydrogens is 320 g/mol. The van der Waals surface area contributed by atoms with Gasteiger partial charge in [-0.3, -0.25) is 0 Å². The first-order valence-electron chi connectivity index (χ1n) is 5.18. The van der Waals surface area contributed by atoms with Crippen molar-refractivity contribution in [1.29, 1.82) is 0 Å². The number of hydrogen-bond donors (Lipinski definition) is 0. The van der Waals surface area contributed by atoms with Crippen LogP contribution in [0.2, 0.25) is 0 Å². The molecule has 1 aromatic carbocycles. The maximum Gasteiger partial charge on any atom is 0.0476 e. The molecule has 0 radical (unpaired) electrons. The van der Waals surface area contributed by atoms with Gasteiger partial charge in [-0.05, 0) is 37.5 Å². The summed E-state index contributed by atoms with van der Waals surface area (Å²) < 4.78 is 6.47. The number of rotatable bonds is 6. The van der Waals surface area contributed by atoms with Gasteiger partial charge in [-0.25, -0.2) is 0 Å². The van der Waals surface area contributed by atoms with E-state index < -0.39 is 0 Å². The third-order valence-electron chi connectivity index (χ3n) is 2.13. The molecule has 1 aromatic rings. The van der Waals surface area contributed by atoms with Gasteiger partial charge in [0, 0.05) is 22.5 Å². The minimum absolute atomic E-state index is 0.498. The molecule has 0 aliphatic heterocycles. The Morgan fingerprint density at radius 3 is 2.87 bits per heavy atom. The van der Waals surface area contributed by atoms with Crippen molar-refractivity contribution in [3.05, 3.63) is 34.3 Å². The van der Waals surface area contributed by atoms with Crippen molar-refractivity contribution in [1.82, 2.24) is 0 Å². The van der Waals surface area contributed by atoms with Gasteiger partial charge in [0.05, 0.1) is 0 Å². The van der Waals surface area contributed by atoms with E-state index in [0.29, 0.717) is 4.83 Å². The Bertz CT molecular complexity index is 289. The molecule has 1 rings (SSSR count). The van der Waals surface area contributed by atoms with E-state index in [9.17, 15) is 0 Å². The van der Waals surface area contributed by atoms with Crippen molar-refractivity contribution in [2.45, 2.75) is 24.6 Å². The Morgan fingerprint density at radius 1 is 1.40 bits per heavy atom. The lowest BCUT2D eigenvalue weighted by molar-refractivity contribution is 0.145. The van der Waals surface area contributed by atoms with Crippen molar-refractivity contribution in [3.8, 4) is 0 Å². The fourth-order valence-electron chi connectivity index (χ4n) is 1.38. The molecule has 0 saturated carbocycles. The van der Waals surface area contributed by atoms with E-state index in [0.717, 1.165) is 30.5 Å². The van der Waals surface area contributed by atoms with E-state index in [1.807, 2.05) is 13.0 Å². The highest BCUT2D eigenvalue weighted by Gasteiger charge is 2.05. The van der Waals surface area contributed by atoms with E-state index >= 15 is 0 Å². The predicted octanol–water partition coefficient (Wildman–Crippen LogP) is 4.18. The van der Waals surface area contributed by atoms with Crippen LogP contribution in [0.15, 0.2) is 28.7 Å². The zero-order valence-electron chi connectivity index (χ0n) is 8.88. The molecule has 1 atom stereocenters. The first-order valence-corrected chi connectivity index (χ1v) is 6.89.